The van der Waals surface area contributed by atoms with Crippen LogP contribution >= 0.6 is 15.9 Å². The number of carbonyl (C=O) groups excluding carboxylic acids is 2. The lowest BCUT2D eigenvalue weighted by molar-refractivity contribution is -0.127. The zero-order chi connectivity index (χ0) is 13.7. The molecule has 2 rings (SSSR count). The molecule has 0 bridgehead atoms. The molecule has 2 N–H and O–H groups in total. The maximum atomic E-state index is 11.7. The number of hydrogen-bond donors (Lipinski definition) is 2. The molecule has 0 heterocycles. The lowest BCUT2D eigenvalue weighted by Crippen LogP contribution is -2.34. The van der Waals surface area contributed by atoms with E-state index in [9.17, 15) is 9.59 Å². The highest BCUT2D eigenvalue weighted by Gasteiger charge is 2.18. The number of carbonyl (C=O) groups is 2. The fourth-order valence-electron chi connectivity index (χ4n) is 2.23. The number of nitrogens with one attached hydrogen (secondary N) is 2. The highest BCUT2D eigenvalue weighted by atomic mass is 79.9. The summed E-state index contributed by atoms with van der Waals surface area (Å²) in [6, 6.07) is 7.52. The van der Waals surface area contributed by atoms with Crippen LogP contribution in [0.2, 0.25) is 0 Å². The first-order chi connectivity index (χ1) is 9.13. The van der Waals surface area contributed by atoms with E-state index < -0.39 is 0 Å². The van der Waals surface area contributed by atoms with Crippen molar-refractivity contribution < 1.29 is 9.59 Å². The quantitative estimate of drug-likeness (QED) is 0.837. The Hall–Kier alpha value is -1.36. The number of rotatable bonds is 4. The van der Waals surface area contributed by atoms with Crippen molar-refractivity contribution >= 4 is 33.4 Å². The first-order valence-electron chi connectivity index (χ1n) is 6.48. The Morgan fingerprint density at radius 2 is 1.74 bits per heavy atom. The molecule has 0 aliphatic heterocycles. The van der Waals surface area contributed by atoms with Crippen LogP contribution in [0.4, 0.5) is 5.69 Å². The van der Waals surface area contributed by atoms with Gasteiger partial charge in [-0.15, -0.1) is 0 Å². The molecule has 0 spiro atoms. The van der Waals surface area contributed by atoms with Gasteiger partial charge in [-0.25, -0.2) is 0 Å². The van der Waals surface area contributed by atoms with Gasteiger partial charge in [0.1, 0.15) is 6.42 Å². The van der Waals surface area contributed by atoms with Gasteiger partial charge in [0.2, 0.25) is 11.8 Å². The van der Waals surface area contributed by atoms with E-state index in [0.717, 1.165) is 30.2 Å². The van der Waals surface area contributed by atoms with Gasteiger partial charge in [-0.05, 0) is 37.1 Å². The van der Waals surface area contributed by atoms with E-state index in [1.165, 1.54) is 0 Å². The summed E-state index contributed by atoms with van der Waals surface area (Å²) in [5.74, 6) is -0.473. The van der Waals surface area contributed by atoms with Crippen LogP contribution in [-0.2, 0) is 9.59 Å². The Kier molecular flexibility index (Phi) is 4.96. The number of anilines is 1. The summed E-state index contributed by atoms with van der Waals surface area (Å²) in [5, 5.41) is 5.60. The number of halogens is 1. The van der Waals surface area contributed by atoms with Gasteiger partial charge < -0.3 is 10.6 Å². The second kappa shape index (κ2) is 6.70. The average molecular weight is 325 g/mol. The van der Waals surface area contributed by atoms with Gasteiger partial charge in [-0.2, -0.15) is 0 Å². The van der Waals surface area contributed by atoms with E-state index in [1.807, 2.05) is 12.1 Å². The fraction of sp³-hybridized carbons (Fsp3) is 0.429. The van der Waals surface area contributed by atoms with Gasteiger partial charge in [0.15, 0.2) is 0 Å². The smallest absolute Gasteiger partial charge is 0.233 e. The van der Waals surface area contributed by atoms with E-state index in [2.05, 4.69) is 26.6 Å². The summed E-state index contributed by atoms with van der Waals surface area (Å²) in [6.45, 7) is 0. The minimum absolute atomic E-state index is 0.118. The number of hydrogen-bond acceptors (Lipinski definition) is 2. The standard InChI is InChI=1S/C14H17BrN2O2/c15-10-5-7-12(8-6-10)17-14(19)9-13(18)16-11-3-1-2-4-11/h5-8,11H,1-4,9H2,(H,16,18)(H,17,19). The van der Waals surface area contributed by atoms with Crippen LogP contribution in [0.25, 0.3) is 0 Å². The lowest BCUT2D eigenvalue weighted by atomic mass is 10.2. The van der Waals surface area contributed by atoms with E-state index in [0.29, 0.717) is 5.69 Å². The molecule has 0 atom stereocenters. The second-order valence-electron chi connectivity index (χ2n) is 4.78. The summed E-state index contributed by atoms with van der Waals surface area (Å²) in [4.78, 5) is 23.4. The molecular weight excluding hydrogens is 308 g/mol. The summed E-state index contributed by atoms with van der Waals surface area (Å²) in [6.07, 6.45) is 4.26. The molecule has 0 radical (unpaired) electrons. The van der Waals surface area contributed by atoms with Crippen LogP contribution < -0.4 is 10.6 Å². The number of benzene rings is 1. The van der Waals surface area contributed by atoms with Crippen molar-refractivity contribution in [2.24, 2.45) is 0 Å². The molecule has 1 aliphatic rings. The van der Waals surface area contributed by atoms with E-state index in [1.54, 1.807) is 12.1 Å². The van der Waals surface area contributed by atoms with E-state index in [4.69, 9.17) is 0 Å². The molecule has 1 saturated carbocycles. The minimum atomic E-state index is -0.280. The van der Waals surface area contributed by atoms with Crippen LogP contribution in [0.1, 0.15) is 32.1 Å². The maximum Gasteiger partial charge on any atom is 0.233 e. The summed E-state index contributed by atoms with van der Waals surface area (Å²) in [5.41, 5.74) is 0.696. The van der Waals surface area contributed by atoms with Crippen LogP contribution in [0.3, 0.4) is 0 Å². The van der Waals surface area contributed by atoms with Crippen LogP contribution in [0.15, 0.2) is 28.7 Å². The predicted molar refractivity (Wildman–Crippen MR) is 77.8 cm³/mol. The topological polar surface area (TPSA) is 58.2 Å². The Balaban J connectivity index is 1.77. The van der Waals surface area contributed by atoms with Crippen LogP contribution in [-0.4, -0.2) is 17.9 Å². The lowest BCUT2D eigenvalue weighted by Gasteiger charge is -2.11. The molecule has 0 saturated heterocycles. The fourth-order valence-corrected chi connectivity index (χ4v) is 2.50. The van der Waals surface area contributed by atoms with Crippen molar-refractivity contribution in [3.63, 3.8) is 0 Å². The van der Waals surface area contributed by atoms with Gasteiger partial charge in [0, 0.05) is 16.2 Å². The summed E-state index contributed by atoms with van der Waals surface area (Å²) >= 11 is 3.32. The first kappa shape index (κ1) is 14.1. The Morgan fingerprint density at radius 1 is 1.11 bits per heavy atom. The Labute approximate surface area is 121 Å². The minimum Gasteiger partial charge on any atom is -0.353 e. The normalized spacial score (nSPS) is 15.2. The van der Waals surface area contributed by atoms with Crippen molar-refractivity contribution in [2.75, 3.05) is 5.32 Å². The van der Waals surface area contributed by atoms with Gasteiger partial charge in [-0.1, -0.05) is 28.8 Å². The SMILES string of the molecule is O=C(CC(=O)NC1CCCC1)Nc1ccc(Br)cc1. The molecule has 4 nitrogen and oxygen atoms in total. The average Bonchev–Trinajstić information content (AvgIpc) is 2.84. The van der Waals surface area contributed by atoms with E-state index in [-0.39, 0.29) is 24.3 Å². The molecule has 1 aromatic carbocycles. The molecular formula is C14H17BrN2O2. The maximum absolute atomic E-state index is 11.7. The monoisotopic (exact) mass is 324 g/mol. The third-order valence-electron chi connectivity index (χ3n) is 3.17. The van der Waals surface area contributed by atoms with Crippen molar-refractivity contribution in [2.45, 2.75) is 38.1 Å². The van der Waals surface area contributed by atoms with Gasteiger partial charge in [-0.3, -0.25) is 9.59 Å². The van der Waals surface area contributed by atoms with Gasteiger partial charge in [0.05, 0.1) is 0 Å². The molecule has 1 fully saturated rings. The molecule has 1 aliphatic carbocycles. The zero-order valence-electron chi connectivity index (χ0n) is 10.6. The summed E-state index contributed by atoms with van der Waals surface area (Å²) in [7, 11) is 0. The van der Waals surface area contributed by atoms with Gasteiger partial charge in [0.25, 0.3) is 0 Å². The Morgan fingerprint density at radius 3 is 2.37 bits per heavy atom. The van der Waals surface area contributed by atoms with Crippen molar-refractivity contribution in [1.82, 2.24) is 5.32 Å². The second-order valence-corrected chi connectivity index (χ2v) is 5.70. The molecule has 1 aromatic rings. The third kappa shape index (κ3) is 4.67. The molecule has 0 unspecified atom stereocenters. The molecule has 5 heteroatoms. The van der Waals surface area contributed by atoms with E-state index >= 15 is 0 Å². The predicted octanol–water partition coefficient (Wildman–Crippen LogP) is 2.84. The van der Waals surface area contributed by atoms with Crippen LogP contribution in [0, 0.1) is 0 Å². The molecule has 102 valence electrons. The first-order valence-corrected chi connectivity index (χ1v) is 7.27. The summed E-state index contributed by atoms with van der Waals surface area (Å²) < 4.78 is 0.949. The van der Waals surface area contributed by atoms with Crippen LogP contribution in [0.5, 0.6) is 0 Å². The largest absolute Gasteiger partial charge is 0.353 e. The highest BCUT2D eigenvalue weighted by molar-refractivity contribution is 9.10. The van der Waals surface area contributed by atoms with Crippen molar-refractivity contribution in [3.05, 3.63) is 28.7 Å². The Bertz CT molecular complexity index is 453. The number of amides is 2. The molecule has 2 amide bonds. The molecule has 0 aromatic heterocycles. The van der Waals surface area contributed by atoms with Crippen molar-refractivity contribution in [3.8, 4) is 0 Å². The highest BCUT2D eigenvalue weighted by Crippen LogP contribution is 2.18. The van der Waals surface area contributed by atoms with Gasteiger partial charge >= 0.3 is 0 Å². The van der Waals surface area contributed by atoms with Crippen molar-refractivity contribution in [1.29, 1.82) is 0 Å². The third-order valence-corrected chi connectivity index (χ3v) is 3.70. The zero-order valence-corrected chi connectivity index (χ0v) is 12.2. The molecule has 19 heavy (non-hydrogen) atoms.